The van der Waals surface area contributed by atoms with Crippen molar-refractivity contribution >= 4 is 11.4 Å². The van der Waals surface area contributed by atoms with E-state index < -0.39 is 0 Å². The molecule has 2 N–H and O–H groups in total. The minimum absolute atomic E-state index is 0.207. The fraction of sp³-hybridized carbons (Fsp3) is 0.625. The number of nitrogens with one attached hydrogen (secondary N) is 2. The Balaban J connectivity index is 1.85. The number of rotatable bonds is 2. The fourth-order valence-corrected chi connectivity index (χ4v) is 3.29. The van der Waals surface area contributed by atoms with Gasteiger partial charge in [0.15, 0.2) is 0 Å². The molecule has 2 aliphatic rings. The summed E-state index contributed by atoms with van der Waals surface area (Å²) in [6, 6.07) is 6.28. The van der Waals surface area contributed by atoms with Crippen LogP contribution in [0.5, 0.6) is 5.75 Å². The lowest BCUT2D eigenvalue weighted by Crippen LogP contribution is -2.49. The molecule has 0 bridgehead atoms. The molecule has 104 valence electrons. The summed E-state index contributed by atoms with van der Waals surface area (Å²) in [6.07, 6.45) is 6.81. The number of hydrogen-bond acceptors (Lipinski definition) is 3. The minimum Gasteiger partial charge on any atom is -0.489 e. The molecule has 3 nitrogen and oxygen atoms in total. The molecular formula is C16H24N2O. The van der Waals surface area contributed by atoms with E-state index in [0.29, 0.717) is 0 Å². The Morgan fingerprint density at radius 3 is 2.68 bits per heavy atom. The number of benzene rings is 1. The zero-order valence-corrected chi connectivity index (χ0v) is 12.0. The van der Waals surface area contributed by atoms with E-state index in [1.54, 1.807) is 0 Å². The summed E-state index contributed by atoms with van der Waals surface area (Å²) in [6.45, 7) is 5.15. The van der Waals surface area contributed by atoms with Crippen molar-refractivity contribution < 1.29 is 4.74 Å². The lowest BCUT2D eigenvalue weighted by atomic mass is 9.80. The van der Waals surface area contributed by atoms with E-state index in [-0.39, 0.29) is 11.6 Å². The maximum atomic E-state index is 5.89. The van der Waals surface area contributed by atoms with Crippen LogP contribution >= 0.6 is 0 Å². The van der Waals surface area contributed by atoms with Crippen LogP contribution in [-0.2, 0) is 0 Å². The molecule has 3 heteroatoms. The van der Waals surface area contributed by atoms with Gasteiger partial charge in [0.05, 0.1) is 17.3 Å². The molecule has 1 aliphatic carbocycles. The first-order chi connectivity index (χ1) is 9.19. The highest BCUT2D eigenvalue weighted by Crippen LogP contribution is 2.42. The van der Waals surface area contributed by atoms with Crippen molar-refractivity contribution in [2.75, 3.05) is 17.2 Å². The maximum Gasteiger partial charge on any atom is 0.144 e. The van der Waals surface area contributed by atoms with Crippen LogP contribution in [0.25, 0.3) is 0 Å². The number of ether oxygens (including phenoxy) is 1. The standard InChI is InChI=1S/C16H24N2O/c1-12(2)19-14-8-6-7-13-15(14)17-11-16(18-13)9-4-3-5-10-16/h6-8,12,17-18H,3-5,9-11H2,1-2H3. The van der Waals surface area contributed by atoms with Gasteiger partial charge in [-0.2, -0.15) is 0 Å². The predicted molar refractivity (Wildman–Crippen MR) is 80.1 cm³/mol. The summed E-state index contributed by atoms with van der Waals surface area (Å²) in [5, 5.41) is 7.39. The van der Waals surface area contributed by atoms with Crippen LogP contribution in [0.15, 0.2) is 18.2 Å². The van der Waals surface area contributed by atoms with Crippen LogP contribution in [-0.4, -0.2) is 18.2 Å². The zero-order chi connectivity index (χ0) is 13.3. The maximum absolute atomic E-state index is 5.89. The molecule has 1 heterocycles. The van der Waals surface area contributed by atoms with Crippen LogP contribution in [0, 0.1) is 0 Å². The summed E-state index contributed by atoms with van der Waals surface area (Å²) in [4.78, 5) is 0. The summed E-state index contributed by atoms with van der Waals surface area (Å²) in [7, 11) is 0. The quantitative estimate of drug-likeness (QED) is 0.842. The topological polar surface area (TPSA) is 33.3 Å². The number of para-hydroxylation sites is 1. The second-order valence-electron chi connectivity index (χ2n) is 6.16. The summed E-state index contributed by atoms with van der Waals surface area (Å²) in [5.41, 5.74) is 2.60. The van der Waals surface area contributed by atoms with Crippen molar-refractivity contribution in [2.24, 2.45) is 0 Å². The monoisotopic (exact) mass is 260 g/mol. The van der Waals surface area contributed by atoms with Crippen molar-refractivity contribution in [3.05, 3.63) is 18.2 Å². The Labute approximate surface area is 115 Å². The van der Waals surface area contributed by atoms with Crippen molar-refractivity contribution in [1.29, 1.82) is 0 Å². The lowest BCUT2D eigenvalue weighted by molar-refractivity contribution is 0.243. The Hall–Kier alpha value is -1.38. The predicted octanol–water partition coefficient (Wildman–Crippen LogP) is 4.01. The molecule has 1 saturated carbocycles. The van der Waals surface area contributed by atoms with Crippen LogP contribution in [0.1, 0.15) is 46.0 Å². The van der Waals surface area contributed by atoms with Crippen LogP contribution in [0.4, 0.5) is 11.4 Å². The Morgan fingerprint density at radius 1 is 1.16 bits per heavy atom. The van der Waals surface area contributed by atoms with E-state index in [9.17, 15) is 0 Å². The van der Waals surface area contributed by atoms with Gasteiger partial charge in [-0.1, -0.05) is 25.3 Å². The van der Waals surface area contributed by atoms with E-state index in [2.05, 4.69) is 36.6 Å². The molecule has 3 rings (SSSR count). The van der Waals surface area contributed by atoms with Crippen LogP contribution < -0.4 is 15.4 Å². The van der Waals surface area contributed by atoms with E-state index in [0.717, 1.165) is 18.0 Å². The SMILES string of the molecule is CC(C)Oc1cccc2c1NCC1(CCCCC1)N2. The first-order valence-corrected chi connectivity index (χ1v) is 7.50. The fourth-order valence-electron chi connectivity index (χ4n) is 3.29. The van der Waals surface area contributed by atoms with E-state index >= 15 is 0 Å². The van der Waals surface area contributed by atoms with Gasteiger partial charge < -0.3 is 15.4 Å². The van der Waals surface area contributed by atoms with Crippen molar-refractivity contribution in [3.8, 4) is 5.75 Å². The van der Waals surface area contributed by atoms with Gasteiger partial charge in [-0.3, -0.25) is 0 Å². The van der Waals surface area contributed by atoms with Gasteiger partial charge >= 0.3 is 0 Å². The zero-order valence-electron chi connectivity index (χ0n) is 12.0. The first kappa shape index (κ1) is 12.6. The lowest BCUT2D eigenvalue weighted by Gasteiger charge is -2.43. The molecule has 1 aromatic rings. The summed E-state index contributed by atoms with van der Waals surface area (Å²) in [5.74, 6) is 0.964. The average Bonchev–Trinajstić information content (AvgIpc) is 2.39. The van der Waals surface area contributed by atoms with Gasteiger partial charge in [0.2, 0.25) is 0 Å². The largest absolute Gasteiger partial charge is 0.489 e. The molecule has 0 amide bonds. The normalized spacial score (nSPS) is 20.6. The van der Waals surface area contributed by atoms with Gasteiger partial charge in [-0.05, 0) is 38.8 Å². The highest BCUT2D eigenvalue weighted by Gasteiger charge is 2.35. The van der Waals surface area contributed by atoms with E-state index in [1.807, 2.05) is 6.07 Å². The van der Waals surface area contributed by atoms with Gasteiger partial charge in [0.1, 0.15) is 11.4 Å². The van der Waals surface area contributed by atoms with Gasteiger partial charge in [0, 0.05) is 6.54 Å². The Morgan fingerprint density at radius 2 is 1.95 bits per heavy atom. The van der Waals surface area contributed by atoms with Gasteiger partial charge in [0.25, 0.3) is 0 Å². The molecule has 1 aliphatic heterocycles. The second-order valence-corrected chi connectivity index (χ2v) is 6.16. The van der Waals surface area contributed by atoms with Crippen molar-refractivity contribution in [1.82, 2.24) is 0 Å². The Bertz CT molecular complexity index is 450. The first-order valence-electron chi connectivity index (χ1n) is 7.50. The third-order valence-corrected chi connectivity index (χ3v) is 4.20. The minimum atomic E-state index is 0.207. The summed E-state index contributed by atoms with van der Waals surface area (Å²) < 4.78 is 5.89. The van der Waals surface area contributed by atoms with E-state index in [1.165, 1.54) is 37.8 Å². The Kier molecular flexibility index (Phi) is 3.29. The molecule has 0 radical (unpaired) electrons. The molecule has 0 atom stereocenters. The number of hydrogen-bond donors (Lipinski definition) is 2. The molecule has 19 heavy (non-hydrogen) atoms. The number of anilines is 2. The second kappa shape index (κ2) is 4.95. The summed E-state index contributed by atoms with van der Waals surface area (Å²) >= 11 is 0. The molecule has 0 saturated heterocycles. The molecule has 1 aromatic carbocycles. The third-order valence-electron chi connectivity index (χ3n) is 4.20. The highest BCUT2D eigenvalue weighted by molar-refractivity contribution is 5.78. The van der Waals surface area contributed by atoms with Crippen LogP contribution in [0.3, 0.4) is 0 Å². The highest BCUT2D eigenvalue weighted by atomic mass is 16.5. The van der Waals surface area contributed by atoms with Crippen molar-refractivity contribution in [3.63, 3.8) is 0 Å². The smallest absolute Gasteiger partial charge is 0.144 e. The average molecular weight is 260 g/mol. The van der Waals surface area contributed by atoms with Crippen molar-refractivity contribution in [2.45, 2.75) is 57.6 Å². The van der Waals surface area contributed by atoms with Gasteiger partial charge in [-0.25, -0.2) is 0 Å². The third kappa shape index (κ3) is 2.51. The van der Waals surface area contributed by atoms with Gasteiger partial charge in [-0.15, -0.1) is 0 Å². The molecule has 1 fully saturated rings. The molecule has 0 aromatic heterocycles. The van der Waals surface area contributed by atoms with E-state index in [4.69, 9.17) is 4.74 Å². The number of fused-ring (bicyclic) bond motifs is 1. The molecule has 1 spiro atoms. The molecular weight excluding hydrogens is 236 g/mol. The molecule has 0 unspecified atom stereocenters. The van der Waals surface area contributed by atoms with Crippen LogP contribution in [0.2, 0.25) is 0 Å².